The monoisotopic (exact) mass is 459 g/mol. The predicted octanol–water partition coefficient (Wildman–Crippen LogP) is 3.00. The normalized spacial score (nSPS) is 18.8. The summed E-state index contributed by atoms with van der Waals surface area (Å²) >= 11 is 1.53. The summed E-state index contributed by atoms with van der Waals surface area (Å²) in [6, 6.07) is 4.87. The molecule has 9 heteroatoms. The van der Waals surface area contributed by atoms with Crippen LogP contribution in [0, 0.1) is 5.82 Å². The van der Waals surface area contributed by atoms with E-state index in [2.05, 4.69) is 21.9 Å². The Morgan fingerprint density at radius 2 is 2.07 bits per heavy atom. The quantitative estimate of drug-likeness (QED) is 0.470. The third-order valence-electron chi connectivity index (χ3n) is 5.46. The summed E-state index contributed by atoms with van der Waals surface area (Å²) in [6.45, 7) is 4.92. The second-order valence-electron chi connectivity index (χ2n) is 7.76. The highest BCUT2D eigenvalue weighted by Crippen LogP contribution is 2.17. The van der Waals surface area contributed by atoms with E-state index in [4.69, 9.17) is 0 Å². The first kappa shape index (κ1) is 25.1. The van der Waals surface area contributed by atoms with Gasteiger partial charge in [-0.3, -0.25) is 4.79 Å². The molecule has 1 aliphatic rings. The Hall–Kier alpha value is -1.16. The zero-order chi connectivity index (χ0) is 22.0. The van der Waals surface area contributed by atoms with Crippen molar-refractivity contribution in [1.29, 1.82) is 0 Å². The summed E-state index contributed by atoms with van der Waals surface area (Å²) in [5.41, 5.74) is 0. The highest BCUT2D eigenvalue weighted by molar-refractivity contribution is 7.98. The average Bonchev–Trinajstić information content (AvgIpc) is 2.72. The fraction of sp³-hybridized carbons (Fsp3) is 0.667. The van der Waals surface area contributed by atoms with Gasteiger partial charge < -0.3 is 10.2 Å². The smallest absolute Gasteiger partial charge is 0.244 e. The number of amides is 1. The van der Waals surface area contributed by atoms with Gasteiger partial charge in [0.2, 0.25) is 15.9 Å². The molecule has 2 atom stereocenters. The summed E-state index contributed by atoms with van der Waals surface area (Å²) in [5.74, 6) is -0.582. The maximum atomic E-state index is 13.9. The Labute approximate surface area is 184 Å². The molecule has 2 N–H and O–H groups in total. The van der Waals surface area contributed by atoms with Gasteiger partial charge >= 0.3 is 0 Å². The van der Waals surface area contributed by atoms with E-state index < -0.39 is 26.8 Å². The number of rotatable bonds is 12. The molecule has 30 heavy (non-hydrogen) atoms. The number of thioether (sulfide) groups is 1. The zero-order valence-corrected chi connectivity index (χ0v) is 19.5. The highest BCUT2D eigenvalue weighted by atomic mass is 32.2. The maximum Gasteiger partial charge on any atom is 0.244 e. The number of sulfonamides is 1. The fourth-order valence-corrected chi connectivity index (χ4v) is 5.44. The molecule has 1 amide bonds. The van der Waals surface area contributed by atoms with Gasteiger partial charge in [0, 0.05) is 12.6 Å². The van der Waals surface area contributed by atoms with Crippen molar-refractivity contribution in [1.82, 2.24) is 14.9 Å². The second kappa shape index (κ2) is 12.6. The highest BCUT2D eigenvalue weighted by Gasteiger charge is 2.27. The third kappa shape index (κ3) is 7.83. The van der Waals surface area contributed by atoms with Gasteiger partial charge in [-0.25, -0.2) is 12.8 Å². The topological polar surface area (TPSA) is 78.5 Å². The Morgan fingerprint density at radius 3 is 2.77 bits per heavy atom. The van der Waals surface area contributed by atoms with Crippen LogP contribution in [0.2, 0.25) is 0 Å². The van der Waals surface area contributed by atoms with Gasteiger partial charge in [-0.15, -0.1) is 0 Å². The zero-order valence-electron chi connectivity index (χ0n) is 17.9. The van der Waals surface area contributed by atoms with Crippen LogP contribution in [0.4, 0.5) is 4.39 Å². The van der Waals surface area contributed by atoms with Crippen molar-refractivity contribution in [3.8, 4) is 0 Å². The SMILES string of the molecule is CSCCC(NS(=O)(=O)c1ccccc1F)C(=O)NCCCCN1CCCCC1C. The molecule has 0 saturated carbocycles. The van der Waals surface area contributed by atoms with Crippen LogP contribution in [0.3, 0.4) is 0 Å². The minimum atomic E-state index is -4.12. The van der Waals surface area contributed by atoms with Crippen LogP contribution in [-0.2, 0) is 14.8 Å². The number of likely N-dealkylation sites (tertiary alicyclic amines) is 1. The second-order valence-corrected chi connectivity index (χ2v) is 10.4. The number of hydrogen-bond donors (Lipinski definition) is 2. The van der Waals surface area contributed by atoms with Crippen molar-refractivity contribution in [2.24, 2.45) is 0 Å². The lowest BCUT2D eigenvalue weighted by atomic mass is 10.0. The van der Waals surface area contributed by atoms with E-state index >= 15 is 0 Å². The maximum absolute atomic E-state index is 13.9. The molecule has 0 spiro atoms. The van der Waals surface area contributed by atoms with Crippen molar-refractivity contribution in [2.45, 2.75) is 62.4 Å². The van der Waals surface area contributed by atoms with E-state index in [-0.39, 0.29) is 5.91 Å². The number of nitrogens with one attached hydrogen (secondary N) is 2. The van der Waals surface area contributed by atoms with Gasteiger partial charge in [-0.1, -0.05) is 18.6 Å². The molecule has 1 saturated heterocycles. The lowest BCUT2D eigenvalue weighted by Gasteiger charge is -2.33. The summed E-state index contributed by atoms with van der Waals surface area (Å²) in [4.78, 5) is 14.7. The first-order valence-corrected chi connectivity index (χ1v) is 13.5. The first-order chi connectivity index (χ1) is 14.3. The minimum Gasteiger partial charge on any atom is -0.355 e. The van der Waals surface area contributed by atoms with Crippen LogP contribution in [0.15, 0.2) is 29.2 Å². The van der Waals surface area contributed by atoms with Crippen molar-refractivity contribution < 1.29 is 17.6 Å². The number of piperidine rings is 1. The van der Waals surface area contributed by atoms with Gasteiger partial charge in [-0.2, -0.15) is 16.5 Å². The van der Waals surface area contributed by atoms with E-state index in [0.29, 0.717) is 24.8 Å². The molecule has 2 unspecified atom stereocenters. The molecule has 0 bridgehead atoms. The molecular formula is C21H34FN3O3S2. The summed E-state index contributed by atoms with van der Waals surface area (Å²) in [7, 11) is -4.12. The van der Waals surface area contributed by atoms with Gasteiger partial charge in [0.15, 0.2) is 0 Å². The van der Waals surface area contributed by atoms with Crippen LogP contribution in [0.1, 0.15) is 45.4 Å². The van der Waals surface area contributed by atoms with E-state index in [1.807, 2.05) is 6.26 Å². The molecule has 0 aliphatic carbocycles. The fourth-order valence-electron chi connectivity index (χ4n) is 3.66. The van der Waals surface area contributed by atoms with Crippen molar-refractivity contribution in [3.63, 3.8) is 0 Å². The van der Waals surface area contributed by atoms with E-state index in [0.717, 1.165) is 32.0 Å². The summed E-state index contributed by atoms with van der Waals surface area (Å²) < 4.78 is 41.5. The van der Waals surface area contributed by atoms with Gasteiger partial charge in [0.25, 0.3) is 0 Å². The first-order valence-electron chi connectivity index (χ1n) is 10.6. The van der Waals surface area contributed by atoms with Crippen molar-refractivity contribution in [2.75, 3.05) is 31.6 Å². The van der Waals surface area contributed by atoms with Crippen molar-refractivity contribution in [3.05, 3.63) is 30.1 Å². The van der Waals surface area contributed by atoms with E-state index in [1.165, 1.54) is 49.2 Å². The van der Waals surface area contributed by atoms with E-state index in [9.17, 15) is 17.6 Å². The van der Waals surface area contributed by atoms with E-state index in [1.54, 1.807) is 0 Å². The number of unbranched alkanes of at least 4 members (excludes halogenated alkanes) is 1. The number of benzene rings is 1. The molecule has 1 heterocycles. The lowest BCUT2D eigenvalue weighted by molar-refractivity contribution is -0.122. The predicted molar refractivity (Wildman–Crippen MR) is 121 cm³/mol. The molecule has 170 valence electrons. The lowest BCUT2D eigenvalue weighted by Crippen LogP contribution is -2.47. The summed E-state index contributed by atoms with van der Waals surface area (Å²) in [6.07, 6.45) is 7.85. The molecular weight excluding hydrogens is 425 g/mol. The molecule has 0 aromatic heterocycles. The molecule has 2 rings (SSSR count). The van der Waals surface area contributed by atoms with Crippen LogP contribution in [-0.4, -0.2) is 63.0 Å². The van der Waals surface area contributed by atoms with Crippen LogP contribution < -0.4 is 10.0 Å². The Balaban J connectivity index is 1.85. The molecule has 1 aromatic rings. The molecule has 6 nitrogen and oxygen atoms in total. The van der Waals surface area contributed by atoms with Gasteiger partial charge in [-0.05, 0) is 76.3 Å². The van der Waals surface area contributed by atoms with Gasteiger partial charge in [0.05, 0.1) is 0 Å². The van der Waals surface area contributed by atoms with Crippen molar-refractivity contribution >= 4 is 27.7 Å². The average molecular weight is 460 g/mol. The van der Waals surface area contributed by atoms with Crippen LogP contribution >= 0.6 is 11.8 Å². The number of halogens is 1. The largest absolute Gasteiger partial charge is 0.355 e. The Kier molecular flexibility index (Phi) is 10.6. The molecule has 1 aliphatic heterocycles. The number of hydrogen-bond acceptors (Lipinski definition) is 5. The Bertz CT molecular complexity index is 777. The molecule has 1 fully saturated rings. The number of carbonyl (C=O) groups is 1. The number of carbonyl (C=O) groups excluding carboxylic acids is 1. The van der Waals surface area contributed by atoms with Crippen LogP contribution in [0.25, 0.3) is 0 Å². The van der Waals surface area contributed by atoms with Crippen LogP contribution in [0.5, 0.6) is 0 Å². The number of nitrogens with zero attached hydrogens (tertiary/aromatic N) is 1. The third-order valence-corrected chi connectivity index (χ3v) is 7.61. The minimum absolute atomic E-state index is 0.339. The Morgan fingerprint density at radius 1 is 1.30 bits per heavy atom. The standard InChI is InChI=1S/C21H34FN3O3S2/c1-17-9-5-7-14-25(17)15-8-6-13-23-21(26)19(12-16-29-2)24-30(27,28)20-11-4-3-10-18(20)22/h3-4,10-11,17,19,24H,5-9,12-16H2,1-2H3,(H,23,26). The molecule has 0 radical (unpaired) electrons. The van der Waals surface area contributed by atoms with Gasteiger partial charge in [0.1, 0.15) is 16.8 Å². The summed E-state index contributed by atoms with van der Waals surface area (Å²) in [5, 5.41) is 2.84. The molecule has 1 aromatic carbocycles.